The number of nitrogens with zero attached hydrogens (tertiary/aromatic N) is 2. The fourth-order valence-electron chi connectivity index (χ4n) is 2.41. The molecule has 23 heavy (non-hydrogen) atoms. The van der Waals surface area contributed by atoms with Crippen LogP contribution in [0.1, 0.15) is 32.8 Å². The van der Waals surface area contributed by atoms with Crippen LogP contribution in [0.4, 0.5) is 0 Å². The van der Waals surface area contributed by atoms with Crippen molar-refractivity contribution in [2.24, 2.45) is 0 Å². The Morgan fingerprint density at radius 1 is 1.35 bits per heavy atom. The zero-order chi connectivity index (χ0) is 17.4. The molecule has 1 aromatic rings. The molecule has 124 valence electrons. The predicted octanol–water partition coefficient (Wildman–Crippen LogP) is 2.31. The molecule has 0 radical (unpaired) electrons. The summed E-state index contributed by atoms with van der Waals surface area (Å²) in [6.07, 6.45) is 0.876. The molecule has 0 aliphatic rings. The highest BCUT2D eigenvalue weighted by Gasteiger charge is 2.18. The number of carbonyl (C=O) groups excluding carboxylic acids is 2. The second-order valence-electron chi connectivity index (χ2n) is 5.24. The maximum absolute atomic E-state index is 11.7. The topological polar surface area (TPSA) is 79.6 Å². The van der Waals surface area contributed by atoms with E-state index >= 15 is 0 Å². The van der Waals surface area contributed by atoms with Gasteiger partial charge in [-0.2, -0.15) is 5.26 Å². The van der Waals surface area contributed by atoms with Crippen molar-refractivity contribution in [3.63, 3.8) is 0 Å². The quantitative estimate of drug-likeness (QED) is 0.569. The van der Waals surface area contributed by atoms with Crippen LogP contribution in [0.15, 0.2) is 18.2 Å². The minimum atomic E-state index is -0.396. The van der Waals surface area contributed by atoms with E-state index in [9.17, 15) is 9.59 Å². The van der Waals surface area contributed by atoms with Crippen LogP contribution in [-0.2, 0) is 16.0 Å². The normalized spacial score (nSPS) is 11.3. The van der Waals surface area contributed by atoms with Crippen LogP contribution in [0.25, 0.3) is 0 Å². The molecule has 0 aromatic heterocycles. The standard InChI is InChI=1S/C17H22N2O4/c1-12(19(13(2)20)9-5-8-18)10-15-6-7-16(23-14(3)21)11-17(15)22-4/h6-7,11-12H,5,9-10H2,1-4H3. The van der Waals surface area contributed by atoms with Gasteiger partial charge in [0.15, 0.2) is 0 Å². The molecular weight excluding hydrogens is 296 g/mol. The molecule has 1 amide bonds. The number of esters is 1. The van der Waals surface area contributed by atoms with Gasteiger partial charge in [0, 0.05) is 32.5 Å². The number of rotatable bonds is 7. The lowest BCUT2D eigenvalue weighted by molar-refractivity contribution is -0.132. The molecular formula is C17H22N2O4. The molecule has 0 heterocycles. The zero-order valence-electron chi connectivity index (χ0n) is 14.0. The third-order valence-corrected chi connectivity index (χ3v) is 3.44. The van der Waals surface area contributed by atoms with E-state index in [0.717, 1.165) is 5.56 Å². The maximum atomic E-state index is 11.7. The number of hydrogen-bond acceptors (Lipinski definition) is 5. The lowest BCUT2D eigenvalue weighted by Gasteiger charge is -2.28. The molecule has 1 rings (SSSR count). The monoisotopic (exact) mass is 318 g/mol. The second kappa shape index (κ2) is 8.79. The predicted molar refractivity (Wildman–Crippen MR) is 85.1 cm³/mol. The highest BCUT2D eigenvalue weighted by Crippen LogP contribution is 2.26. The average Bonchev–Trinajstić information content (AvgIpc) is 2.48. The minimum Gasteiger partial charge on any atom is -0.496 e. The Balaban J connectivity index is 2.91. The van der Waals surface area contributed by atoms with Gasteiger partial charge in [-0.25, -0.2) is 0 Å². The molecule has 1 atom stereocenters. The highest BCUT2D eigenvalue weighted by atomic mass is 16.5. The van der Waals surface area contributed by atoms with Gasteiger partial charge >= 0.3 is 5.97 Å². The Hall–Kier alpha value is -2.55. The molecule has 1 unspecified atom stereocenters. The zero-order valence-corrected chi connectivity index (χ0v) is 14.0. The Morgan fingerprint density at radius 3 is 2.57 bits per heavy atom. The molecule has 0 saturated carbocycles. The maximum Gasteiger partial charge on any atom is 0.308 e. The number of amides is 1. The van der Waals surface area contributed by atoms with E-state index in [1.54, 1.807) is 24.1 Å². The lowest BCUT2D eigenvalue weighted by Crippen LogP contribution is -2.39. The number of methoxy groups -OCH3 is 1. The van der Waals surface area contributed by atoms with E-state index in [-0.39, 0.29) is 11.9 Å². The van der Waals surface area contributed by atoms with Crippen LogP contribution >= 0.6 is 0 Å². The van der Waals surface area contributed by atoms with Crippen molar-refractivity contribution < 1.29 is 19.1 Å². The molecule has 0 fully saturated rings. The SMILES string of the molecule is COc1cc(OC(C)=O)ccc1CC(C)N(CCC#N)C(C)=O. The fourth-order valence-corrected chi connectivity index (χ4v) is 2.41. The molecule has 0 spiro atoms. The third-order valence-electron chi connectivity index (χ3n) is 3.44. The first kappa shape index (κ1) is 18.5. The Morgan fingerprint density at radius 2 is 2.04 bits per heavy atom. The first-order valence-electron chi connectivity index (χ1n) is 7.38. The van der Waals surface area contributed by atoms with Gasteiger partial charge in [0.2, 0.25) is 5.91 Å². The molecule has 1 aromatic carbocycles. The first-order valence-corrected chi connectivity index (χ1v) is 7.38. The second-order valence-corrected chi connectivity index (χ2v) is 5.24. The average molecular weight is 318 g/mol. The van der Waals surface area contributed by atoms with E-state index < -0.39 is 5.97 Å². The lowest BCUT2D eigenvalue weighted by atomic mass is 10.0. The summed E-state index contributed by atoms with van der Waals surface area (Å²) in [5.41, 5.74) is 0.902. The van der Waals surface area contributed by atoms with Gasteiger partial charge in [0.1, 0.15) is 11.5 Å². The van der Waals surface area contributed by atoms with Crippen molar-refractivity contribution >= 4 is 11.9 Å². The van der Waals surface area contributed by atoms with E-state index in [1.807, 2.05) is 13.0 Å². The van der Waals surface area contributed by atoms with E-state index in [2.05, 4.69) is 6.07 Å². The van der Waals surface area contributed by atoms with Crippen molar-refractivity contribution in [1.82, 2.24) is 4.90 Å². The highest BCUT2D eigenvalue weighted by molar-refractivity contribution is 5.73. The van der Waals surface area contributed by atoms with Crippen molar-refractivity contribution in [2.45, 2.75) is 39.7 Å². The summed E-state index contributed by atoms with van der Waals surface area (Å²) < 4.78 is 10.4. The molecule has 6 nitrogen and oxygen atoms in total. The van der Waals surface area contributed by atoms with Crippen molar-refractivity contribution in [1.29, 1.82) is 5.26 Å². The molecule has 0 aliphatic heterocycles. The number of benzene rings is 1. The van der Waals surface area contributed by atoms with Crippen molar-refractivity contribution in [3.8, 4) is 17.6 Å². The van der Waals surface area contributed by atoms with Gasteiger partial charge in [-0.1, -0.05) is 6.07 Å². The van der Waals surface area contributed by atoms with Gasteiger partial charge in [-0.05, 0) is 25.0 Å². The van der Waals surface area contributed by atoms with Crippen LogP contribution in [-0.4, -0.2) is 36.5 Å². The summed E-state index contributed by atoms with van der Waals surface area (Å²) in [6.45, 7) is 5.16. The first-order chi connectivity index (χ1) is 10.9. The summed E-state index contributed by atoms with van der Waals surface area (Å²) in [4.78, 5) is 24.4. The van der Waals surface area contributed by atoms with Crippen LogP contribution in [0.3, 0.4) is 0 Å². The number of carbonyl (C=O) groups is 2. The number of nitriles is 1. The third kappa shape index (κ3) is 5.62. The number of ether oxygens (including phenoxy) is 2. The summed E-state index contributed by atoms with van der Waals surface area (Å²) in [7, 11) is 1.54. The molecule has 0 saturated heterocycles. The van der Waals surface area contributed by atoms with Crippen molar-refractivity contribution in [3.05, 3.63) is 23.8 Å². The molecule has 0 aliphatic carbocycles. The van der Waals surface area contributed by atoms with Crippen LogP contribution in [0.5, 0.6) is 11.5 Å². The smallest absolute Gasteiger partial charge is 0.308 e. The van der Waals surface area contributed by atoms with Crippen LogP contribution in [0.2, 0.25) is 0 Å². The number of hydrogen-bond donors (Lipinski definition) is 0. The van der Waals surface area contributed by atoms with Crippen LogP contribution < -0.4 is 9.47 Å². The Bertz CT molecular complexity index is 607. The molecule has 0 N–H and O–H groups in total. The largest absolute Gasteiger partial charge is 0.496 e. The van der Waals surface area contributed by atoms with Crippen molar-refractivity contribution in [2.75, 3.05) is 13.7 Å². The summed E-state index contributed by atoms with van der Waals surface area (Å²) in [5.74, 6) is 0.550. The van der Waals surface area contributed by atoms with E-state index in [4.69, 9.17) is 14.7 Å². The van der Waals surface area contributed by atoms with Crippen LogP contribution in [0, 0.1) is 11.3 Å². The summed E-state index contributed by atoms with van der Waals surface area (Å²) in [6, 6.07) is 7.14. The Kier molecular flexibility index (Phi) is 7.07. The van der Waals surface area contributed by atoms with Gasteiger partial charge < -0.3 is 14.4 Å². The van der Waals surface area contributed by atoms with Gasteiger partial charge in [-0.15, -0.1) is 0 Å². The fraction of sp³-hybridized carbons (Fsp3) is 0.471. The van der Waals surface area contributed by atoms with Gasteiger partial charge in [-0.3, -0.25) is 9.59 Å². The van der Waals surface area contributed by atoms with Gasteiger partial charge in [0.05, 0.1) is 19.6 Å². The minimum absolute atomic E-state index is 0.0664. The Labute approximate surface area is 136 Å². The van der Waals surface area contributed by atoms with Gasteiger partial charge in [0.25, 0.3) is 0 Å². The van der Waals surface area contributed by atoms with E-state index in [0.29, 0.717) is 30.9 Å². The van der Waals surface area contributed by atoms with E-state index in [1.165, 1.54) is 13.8 Å². The summed E-state index contributed by atoms with van der Waals surface area (Å²) >= 11 is 0. The molecule has 6 heteroatoms. The molecule has 0 bridgehead atoms. The summed E-state index contributed by atoms with van der Waals surface area (Å²) in [5, 5.41) is 8.70.